The first kappa shape index (κ1) is 60.9. The second-order valence-corrected chi connectivity index (χ2v) is 17.8. The Bertz CT molecular complexity index is 1210. The van der Waals surface area contributed by atoms with Crippen LogP contribution in [0.15, 0.2) is 72.9 Å². The van der Waals surface area contributed by atoms with Crippen LogP contribution in [-0.2, 0) is 28.6 Å². The summed E-state index contributed by atoms with van der Waals surface area (Å²) in [5.41, 5.74) is 0. The SMILES string of the molecule is CC/C=C\C/C=C\C/C=C\C/C=C\C/C=C\CCCCCCCCCCCC(=O)OCC(COC(=O)CCCCCCCCCCC)OC(=O)CCCCCCC/C=C\CCCCC. The van der Waals surface area contributed by atoms with E-state index in [1.165, 1.54) is 109 Å². The molecule has 64 heavy (non-hydrogen) atoms. The molecule has 0 aliphatic rings. The highest BCUT2D eigenvalue weighted by Gasteiger charge is 2.19. The summed E-state index contributed by atoms with van der Waals surface area (Å²) in [6.45, 7) is 6.47. The van der Waals surface area contributed by atoms with Crippen molar-refractivity contribution in [2.75, 3.05) is 13.2 Å². The van der Waals surface area contributed by atoms with Crippen LogP contribution in [0.2, 0.25) is 0 Å². The maximum Gasteiger partial charge on any atom is 0.306 e. The molecule has 0 radical (unpaired) electrons. The number of carbonyl (C=O) groups excluding carboxylic acids is 3. The van der Waals surface area contributed by atoms with Gasteiger partial charge < -0.3 is 14.2 Å². The van der Waals surface area contributed by atoms with Crippen LogP contribution in [0.5, 0.6) is 0 Å². The van der Waals surface area contributed by atoms with Crippen LogP contribution < -0.4 is 0 Å². The van der Waals surface area contributed by atoms with E-state index in [1.807, 2.05) is 0 Å². The highest BCUT2D eigenvalue weighted by atomic mass is 16.6. The molecule has 0 aliphatic carbocycles. The minimum atomic E-state index is -0.778. The number of hydrogen-bond donors (Lipinski definition) is 0. The Morgan fingerprint density at radius 2 is 0.609 bits per heavy atom. The average Bonchev–Trinajstić information content (AvgIpc) is 3.29. The van der Waals surface area contributed by atoms with E-state index in [2.05, 4.69) is 93.7 Å². The Hall–Kier alpha value is -3.15. The lowest BCUT2D eigenvalue weighted by atomic mass is 10.1. The predicted molar refractivity (Wildman–Crippen MR) is 274 cm³/mol. The first-order chi connectivity index (χ1) is 31.5. The van der Waals surface area contributed by atoms with Gasteiger partial charge in [0.15, 0.2) is 6.10 Å². The van der Waals surface area contributed by atoms with Crippen LogP contribution in [0, 0.1) is 0 Å². The third-order valence-electron chi connectivity index (χ3n) is 11.4. The van der Waals surface area contributed by atoms with Gasteiger partial charge in [0.1, 0.15) is 13.2 Å². The van der Waals surface area contributed by atoms with Gasteiger partial charge in [-0.15, -0.1) is 0 Å². The fourth-order valence-electron chi connectivity index (χ4n) is 7.40. The van der Waals surface area contributed by atoms with Gasteiger partial charge >= 0.3 is 17.9 Å². The van der Waals surface area contributed by atoms with Gasteiger partial charge in [0, 0.05) is 19.3 Å². The second kappa shape index (κ2) is 52.5. The van der Waals surface area contributed by atoms with Crippen molar-refractivity contribution < 1.29 is 28.6 Å². The maximum atomic E-state index is 12.8. The Morgan fingerprint density at radius 1 is 0.328 bits per heavy atom. The highest BCUT2D eigenvalue weighted by molar-refractivity contribution is 5.71. The van der Waals surface area contributed by atoms with E-state index >= 15 is 0 Å². The van der Waals surface area contributed by atoms with Gasteiger partial charge in [-0.25, -0.2) is 0 Å². The van der Waals surface area contributed by atoms with Gasteiger partial charge in [0.25, 0.3) is 0 Å². The quantitative estimate of drug-likeness (QED) is 0.0262. The molecule has 0 saturated carbocycles. The lowest BCUT2D eigenvalue weighted by Gasteiger charge is -2.18. The minimum Gasteiger partial charge on any atom is -0.462 e. The summed E-state index contributed by atoms with van der Waals surface area (Å²) in [6, 6.07) is 0. The Kier molecular flexibility index (Phi) is 49.9. The Balaban J connectivity index is 4.22. The lowest BCUT2D eigenvalue weighted by Crippen LogP contribution is -2.30. The molecule has 6 heteroatoms. The fourth-order valence-corrected chi connectivity index (χ4v) is 7.40. The molecule has 0 aromatic carbocycles. The van der Waals surface area contributed by atoms with E-state index in [1.54, 1.807) is 0 Å². The second-order valence-electron chi connectivity index (χ2n) is 17.8. The van der Waals surface area contributed by atoms with Gasteiger partial charge in [0.2, 0.25) is 0 Å². The van der Waals surface area contributed by atoms with Crippen LogP contribution in [0.4, 0.5) is 0 Å². The van der Waals surface area contributed by atoms with Crippen molar-refractivity contribution in [3.05, 3.63) is 72.9 Å². The van der Waals surface area contributed by atoms with E-state index < -0.39 is 6.10 Å². The first-order valence-electron chi connectivity index (χ1n) is 26.9. The van der Waals surface area contributed by atoms with Gasteiger partial charge in [0.05, 0.1) is 0 Å². The molecule has 0 bridgehead atoms. The van der Waals surface area contributed by atoms with Crippen molar-refractivity contribution in [2.45, 2.75) is 264 Å². The molecular formula is C58H100O6. The summed E-state index contributed by atoms with van der Waals surface area (Å²) in [5.74, 6) is -0.894. The van der Waals surface area contributed by atoms with Crippen LogP contribution in [0.1, 0.15) is 258 Å². The molecule has 0 aromatic rings. The number of hydrogen-bond acceptors (Lipinski definition) is 6. The van der Waals surface area contributed by atoms with Crippen molar-refractivity contribution in [3.8, 4) is 0 Å². The zero-order chi connectivity index (χ0) is 46.5. The highest BCUT2D eigenvalue weighted by Crippen LogP contribution is 2.15. The van der Waals surface area contributed by atoms with Gasteiger partial charge in [-0.05, 0) is 89.9 Å². The molecule has 0 spiro atoms. The third kappa shape index (κ3) is 49.9. The molecule has 1 atom stereocenters. The van der Waals surface area contributed by atoms with E-state index in [9.17, 15) is 14.4 Å². The van der Waals surface area contributed by atoms with Gasteiger partial charge in [-0.2, -0.15) is 0 Å². The first-order valence-corrected chi connectivity index (χ1v) is 26.9. The van der Waals surface area contributed by atoms with Crippen molar-refractivity contribution in [1.82, 2.24) is 0 Å². The summed E-state index contributed by atoms with van der Waals surface area (Å²) in [4.78, 5) is 37.9. The molecule has 1 unspecified atom stereocenters. The van der Waals surface area contributed by atoms with Gasteiger partial charge in [-0.3, -0.25) is 14.4 Å². The number of rotatable bonds is 48. The molecule has 0 aliphatic heterocycles. The number of unbranched alkanes of at least 4 members (excludes halogenated alkanes) is 25. The summed E-state index contributed by atoms with van der Waals surface area (Å²) < 4.78 is 16.8. The number of carbonyl (C=O) groups is 3. The third-order valence-corrected chi connectivity index (χ3v) is 11.4. The van der Waals surface area contributed by atoms with Crippen LogP contribution >= 0.6 is 0 Å². The molecule has 368 valence electrons. The molecule has 0 rings (SSSR count). The molecule has 0 heterocycles. The molecule has 0 fully saturated rings. The van der Waals surface area contributed by atoms with E-state index in [4.69, 9.17) is 14.2 Å². The van der Waals surface area contributed by atoms with Crippen LogP contribution in [0.3, 0.4) is 0 Å². The predicted octanol–water partition coefficient (Wildman–Crippen LogP) is 17.8. The molecule has 0 amide bonds. The summed E-state index contributed by atoms with van der Waals surface area (Å²) in [7, 11) is 0. The molecule has 0 aromatic heterocycles. The zero-order valence-corrected chi connectivity index (χ0v) is 42.0. The number of esters is 3. The van der Waals surface area contributed by atoms with Crippen molar-refractivity contribution in [1.29, 1.82) is 0 Å². The largest absolute Gasteiger partial charge is 0.462 e. The summed E-state index contributed by atoms with van der Waals surface area (Å²) >= 11 is 0. The van der Waals surface area contributed by atoms with Crippen molar-refractivity contribution in [3.63, 3.8) is 0 Å². The van der Waals surface area contributed by atoms with E-state index in [-0.39, 0.29) is 31.1 Å². The van der Waals surface area contributed by atoms with Crippen molar-refractivity contribution >= 4 is 17.9 Å². The summed E-state index contributed by atoms with van der Waals surface area (Å²) in [5, 5.41) is 0. The van der Waals surface area contributed by atoms with Crippen LogP contribution in [-0.4, -0.2) is 37.2 Å². The average molecular weight is 893 g/mol. The Morgan fingerprint density at radius 3 is 1.00 bits per heavy atom. The van der Waals surface area contributed by atoms with E-state index in [0.717, 1.165) is 109 Å². The molecule has 6 nitrogen and oxygen atoms in total. The Labute approximate surface area is 395 Å². The fraction of sp³-hybridized carbons (Fsp3) is 0.741. The molecular weight excluding hydrogens is 793 g/mol. The topological polar surface area (TPSA) is 78.9 Å². The monoisotopic (exact) mass is 893 g/mol. The van der Waals surface area contributed by atoms with Gasteiger partial charge in [-0.1, -0.05) is 222 Å². The maximum absolute atomic E-state index is 12.8. The standard InChI is InChI=1S/C58H100O6/c1-4-7-10-13-16-19-21-23-24-25-26-27-28-29-30-31-32-33-34-35-37-39-42-45-48-51-57(60)63-54-55(53-62-56(59)50-47-44-41-38-18-15-12-9-6-3)64-58(61)52-49-46-43-40-36-22-20-17-14-11-8-5-2/h7,10,16-17,19-20,23-24,26-27,29-30,55H,4-6,8-9,11-15,18,21-22,25,28,31-54H2,1-3H3/b10-7-,19-16-,20-17-,24-23-,27-26-,30-29-. The zero-order valence-electron chi connectivity index (χ0n) is 42.0. The smallest absolute Gasteiger partial charge is 0.306 e. The lowest BCUT2D eigenvalue weighted by molar-refractivity contribution is -0.167. The molecule has 0 saturated heterocycles. The normalized spacial score (nSPS) is 12.6. The van der Waals surface area contributed by atoms with Crippen LogP contribution in [0.25, 0.3) is 0 Å². The summed E-state index contributed by atoms with van der Waals surface area (Å²) in [6.07, 6.45) is 66.1. The minimum absolute atomic E-state index is 0.0787. The number of ether oxygens (including phenoxy) is 3. The van der Waals surface area contributed by atoms with Crippen molar-refractivity contribution in [2.24, 2.45) is 0 Å². The van der Waals surface area contributed by atoms with E-state index in [0.29, 0.717) is 19.3 Å². The molecule has 0 N–H and O–H groups in total. The number of allylic oxidation sites excluding steroid dienone is 12.